The molecule has 16 heavy (non-hydrogen) atoms. The molecule has 0 aliphatic rings. The predicted octanol–water partition coefficient (Wildman–Crippen LogP) is 1.86. The zero-order valence-electron chi connectivity index (χ0n) is 9.46. The summed E-state index contributed by atoms with van der Waals surface area (Å²) in [7, 11) is -4.17. The minimum atomic E-state index is -4.17. The van der Waals surface area contributed by atoms with Gasteiger partial charge in [-0.2, -0.15) is 8.42 Å². The lowest BCUT2D eigenvalue weighted by molar-refractivity contribution is 0.283. The number of hydrogen-bond acceptors (Lipinski definition) is 4. The molecule has 1 aromatic heterocycles. The van der Waals surface area contributed by atoms with Gasteiger partial charge in [-0.15, -0.1) is 0 Å². The fourth-order valence-electron chi connectivity index (χ4n) is 0.951. The van der Waals surface area contributed by atoms with Crippen molar-refractivity contribution in [3.8, 4) is 0 Å². The number of nitrogens with zero attached hydrogens (tertiary/aromatic N) is 1. The zero-order valence-corrected chi connectivity index (χ0v) is 10.3. The van der Waals surface area contributed by atoms with Crippen LogP contribution in [0.3, 0.4) is 0 Å². The minimum Gasteiger partial charge on any atom is -0.264 e. The van der Waals surface area contributed by atoms with Gasteiger partial charge in [-0.1, -0.05) is 19.4 Å². The summed E-state index contributed by atoms with van der Waals surface area (Å²) in [5.41, 5.74) is 1.19. The van der Waals surface area contributed by atoms with Crippen LogP contribution in [0.4, 0.5) is 0 Å². The van der Waals surface area contributed by atoms with Crippen molar-refractivity contribution in [2.45, 2.75) is 26.7 Å². The van der Waals surface area contributed by atoms with Crippen molar-refractivity contribution < 1.29 is 17.2 Å². The Hall–Kier alpha value is -0.980. The van der Waals surface area contributed by atoms with Gasteiger partial charge in [0.25, 0.3) is 0 Å². The third kappa shape index (κ3) is 9.57. The van der Waals surface area contributed by atoms with E-state index in [1.807, 2.05) is 18.3 Å². The molecule has 1 aromatic rings. The lowest BCUT2D eigenvalue weighted by atomic mass is 10.2. The smallest absolute Gasteiger partial charge is 0.264 e. The maximum atomic E-state index is 9.56. The van der Waals surface area contributed by atoms with E-state index in [1.165, 1.54) is 19.0 Å². The topological polar surface area (TPSA) is 76.5 Å². The van der Waals surface area contributed by atoms with Crippen LogP contribution in [0.2, 0.25) is 0 Å². The molecule has 0 spiro atoms. The fraction of sp³-hybridized carbons (Fsp3) is 0.500. The van der Waals surface area contributed by atoms with Crippen LogP contribution in [-0.2, 0) is 21.0 Å². The van der Waals surface area contributed by atoms with Gasteiger partial charge in [0.2, 0.25) is 0 Å². The maximum Gasteiger partial charge on any atom is 0.397 e. The van der Waals surface area contributed by atoms with E-state index in [9.17, 15) is 8.42 Å². The summed E-state index contributed by atoms with van der Waals surface area (Å²) in [4.78, 5) is 4.17. The van der Waals surface area contributed by atoms with Crippen LogP contribution in [0.25, 0.3) is 0 Å². The van der Waals surface area contributed by atoms with Crippen LogP contribution in [-0.4, -0.2) is 24.6 Å². The zero-order chi connectivity index (χ0) is 12.4. The molecule has 0 aromatic carbocycles. The number of aromatic nitrogens is 1. The van der Waals surface area contributed by atoms with Crippen LogP contribution >= 0.6 is 0 Å². The number of hydrogen-bond donors (Lipinski definition) is 1. The molecule has 0 saturated carbocycles. The molecule has 6 heteroatoms. The molecule has 0 aliphatic heterocycles. The Balaban J connectivity index is 0.000000293. The highest BCUT2D eigenvalue weighted by Gasteiger charge is 1.98. The first-order chi connectivity index (χ1) is 7.49. The van der Waals surface area contributed by atoms with E-state index in [-0.39, 0.29) is 6.61 Å². The molecule has 0 atom stereocenters. The summed E-state index contributed by atoms with van der Waals surface area (Å²) in [5, 5.41) is 0. The lowest BCUT2D eigenvalue weighted by Crippen LogP contribution is -2.01. The normalized spacial score (nSPS) is 10.4. The average molecular weight is 247 g/mol. The van der Waals surface area contributed by atoms with Gasteiger partial charge in [0.05, 0.1) is 6.61 Å². The largest absolute Gasteiger partial charge is 0.397 e. The highest BCUT2D eigenvalue weighted by atomic mass is 32.3. The Labute approximate surface area is 96.4 Å². The van der Waals surface area contributed by atoms with Gasteiger partial charge in [0.1, 0.15) is 0 Å². The lowest BCUT2D eigenvalue weighted by Gasteiger charge is -1.92. The second kappa shape index (κ2) is 8.20. The third-order valence-electron chi connectivity index (χ3n) is 1.50. The van der Waals surface area contributed by atoms with E-state index in [4.69, 9.17) is 4.55 Å². The van der Waals surface area contributed by atoms with Gasteiger partial charge in [-0.25, -0.2) is 4.18 Å². The molecule has 1 N–H and O–H groups in total. The summed E-state index contributed by atoms with van der Waals surface area (Å²) < 4.78 is 30.7. The molecule has 0 amide bonds. The standard InChI is InChI=1S/C8H11N.C2H6O4S/c1-2-5-8-6-3-4-7-9-8;1-2-6-7(3,4)5/h3-4,6-7H,2,5H2,1H3;2H2,1H3,(H,3,4,5). The summed E-state index contributed by atoms with van der Waals surface area (Å²) in [5.74, 6) is 0. The monoisotopic (exact) mass is 247 g/mol. The van der Waals surface area contributed by atoms with Gasteiger partial charge >= 0.3 is 10.4 Å². The molecule has 92 valence electrons. The van der Waals surface area contributed by atoms with Crippen LogP contribution in [0.1, 0.15) is 26.0 Å². The van der Waals surface area contributed by atoms with Crippen molar-refractivity contribution >= 4 is 10.4 Å². The van der Waals surface area contributed by atoms with Crippen LogP contribution in [0.5, 0.6) is 0 Å². The molecule has 1 rings (SSSR count). The molecule has 0 aliphatic carbocycles. The van der Waals surface area contributed by atoms with E-state index in [1.54, 1.807) is 0 Å². The Morgan fingerprint density at radius 3 is 2.38 bits per heavy atom. The van der Waals surface area contributed by atoms with Crippen molar-refractivity contribution in [2.24, 2.45) is 0 Å². The van der Waals surface area contributed by atoms with E-state index in [2.05, 4.69) is 22.2 Å². The van der Waals surface area contributed by atoms with Crippen molar-refractivity contribution in [1.82, 2.24) is 4.98 Å². The van der Waals surface area contributed by atoms with E-state index in [0.717, 1.165) is 6.42 Å². The van der Waals surface area contributed by atoms with Gasteiger partial charge in [0, 0.05) is 11.9 Å². The average Bonchev–Trinajstić information content (AvgIpc) is 2.19. The van der Waals surface area contributed by atoms with Crippen molar-refractivity contribution in [3.63, 3.8) is 0 Å². The summed E-state index contributed by atoms with van der Waals surface area (Å²) >= 11 is 0. The minimum absolute atomic E-state index is 0.0289. The first-order valence-electron chi connectivity index (χ1n) is 5.01. The Kier molecular flexibility index (Phi) is 7.70. The molecule has 0 radical (unpaired) electrons. The molecular weight excluding hydrogens is 230 g/mol. The molecule has 0 fully saturated rings. The fourth-order valence-corrected chi connectivity index (χ4v) is 1.25. The van der Waals surface area contributed by atoms with E-state index >= 15 is 0 Å². The Morgan fingerprint density at radius 2 is 2.06 bits per heavy atom. The second-order valence-electron chi connectivity index (χ2n) is 2.91. The highest BCUT2D eigenvalue weighted by molar-refractivity contribution is 7.80. The van der Waals surface area contributed by atoms with Crippen molar-refractivity contribution in [2.75, 3.05) is 6.61 Å². The highest BCUT2D eigenvalue weighted by Crippen LogP contribution is 1.95. The van der Waals surface area contributed by atoms with Gasteiger partial charge in [-0.3, -0.25) is 9.54 Å². The van der Waals surface area contributed by atoms with Crippen LogP contribution in [0, 0.1) is 0 Å². The number of rotatable bonds is 4. The number of aryl methyl sites for hydroxylation is 1. The summed E-state index contributed by atoms with van der Waals surface area (Å²) in [6.07, 6.45) is 4.11. The Morgan fingerprint density at radius 1 is 1.38 bits per heavy atom. The van der Waals surface area contributed by atoms with Crippen molar-refractivity contribution in [3.05, 3.63) is 30.1 Å². The van der Waals surface area contributed by atoms with Gasteiger partial charge in [-0.05, 0) is 25.5 Å². The van der Waals surface area contributed by atoms with Crippen LogP contribution < -0.4 is 0 Å². The van der Waals surface area contributed by atoms with E-state index < -0.39 is 10.4 Å². The van der Waals surface area contributed by atoms with Gasteiger partial charge < -0.3 is 0 Å². The second-order valence-corrected chi connectivity index (χ2v) is 4.00. The van der Waals surface area contributed by atoms with Crippen LogP contribution in [0.15, 0.2) is 24.4 Å². The summed E-state index contributed by atoms with van der Waals surface area (Å²) in [6, 6.07) is 6.03. The van der Waals surface area contributed by atoms with Crippen molar-refractivity contribution in [1.29, 1.82) is 0 Å². The number of pyridine rings is 1. The molecule has 5 nitrogen and oxygen atoms in total. The third-order valence-corrected chi connectivity index (χ3v) is 2.03. The van der Waals surface area contributed by atoms with Gasteiger partial charge in [0.15, 0.2) is 0 Å². The maximum absolute atomic E-state index is 9.56. The molecule has 1 heterocycles. The molecular formula is C10H17NO4S. The Bertz CT molecular complexity index is 364. The van der Waals surface area contributed by atoms with E-state index in [0.29, 0.717) is 0 Å². The quantitative estimate of drug-likeness (QED) is 0.822. The molecule has 0 saturated heterocycles. The SMILES string of the molecule is CCCc1ccccn1.CCOS(=O)(=O)O. The predicted molar refractivity (Wildman–Crippen MR) is 61.4 cm³/mol. The molecule has 0 bridgehead atoms. The first-order valence-corrected chi connectivity index (χ1v) is 6.37. The first kappa shape index (κ1) is 15.0. The summed E-state index contributed by atoms with van der Waals surface area (Å²) in [6.45, 7) is 3.60. The molecule has 0 unspecified atom stereocenters.